The largest absolute Gasteiger partial charge is 0.348 e. The van der Waals surface area contributed by atoms with Crippen molar-refractivity contribution in [3.05, 3.63) is 59.1 Å². The van der Waals surface area contributed by atoms with Crippen LogP contribution in [0.15, 0.2) is 47.8 Å². The van der Waals surface area contributed by atoms with Gasteiger partial charge in [0.2, 0.25) is 0 Å². The zero-order valence-electron chi connectivity index (χ0n) is 12.9. The van der Waals surface area contributed by atoms with Crippen LogP contribution in [0.2, 0.25) is 0 Å². The van der Waals surface area contributed by atoms with Crippen LogP contribution in [0.5, 0.6) is 0 Å². The van der Waals surface area contributed by atoms with Crippen molar-refractivity contribution in [2.75, 3.05) is 0 Å². The molecule has 3 nitrogen and oxygen atoms in total. The number of aryl methyl sites for hydroxylation is 1. The zero-order valence-corrected chi connectivity index (χ0v) is 13.7. The summed E-state index contributed by atoms with van der Waals surface area (Å²) < 4.78 is 3.12. The molecule has 2 heterocycles. The highest BCUT2D eigenvalue weighted by Crippen LogP contribution is 2.24. The van der Waals surface area contributed by atoms with Crippen molar-refractivity contribution in [2.45, 2.75) is 25.8 Å². The smallest absolute Gasteiger partial charge is 0.268 e. The Kier molecular flexibility index (Phi) is 4.29. The minimum Gasteiger partial charge on any atom is -0.348 e. The first-order valence-electron chi connectivity index (χ1n) is 7.56. The van der Waals surface area contributed by atoms with Gasteiger partial charge < -0.3 is 9.88 Å². The van der Waals surface area contributed by atoms with E-state index in [1.54, 1.807) is 11.3 Å². The SMILES string of the molecule is CCC(Cc1ccccc1)NC(=O)c1cc2sccc2n1C. The Labute approximate surface area is 134 Å². The van der Waals surface area contributed by atoms with E-state index in [1.807, 2.05) is 35.9 Å². The number of nitrogens with zero attached hydrogens (tertiary/aromatic N) is 1. The summed E-state index contributed by atoms with van der Waals surface area (Å²) in [5, 5.41) is 5.22. The second kappa shape index (κ2) is 6.36. The highest BCUT2D eigenvalue weighted by atomic mass is 32.1. The molecule has 1 unspecified atom stereocenters. The Morgan fingerprint density at radius 1 is 1.27 bits per heavy atom. The third kappa shape index (κ3) is 2.92. The second-order valence-corrected chi connectivity index (χ2v) is 6.47. The number of aromatic nitrogens is 1. The van der Waals surface area contributed by atoms with Crippen molar-refractivity contribution in [3.8, 4) is 0 Å². The molecular formula is C18H20N2OS. The Hall–Kier alpha value is -2.07. The van der Waals surface area contributed by atoms with Gasteiger partial charge in [0.05, 0.1) is 10.2 Å². The second-order valence-electron chi connectivity index (χ2n) is 5.53. The number of benzene rings is 1. The average Bonchev–Trinajstić information content (AvgIpc) is 3.11. The van der Waals surface area contributed by atoms with E-state index >= 15 is 0 Å². The van der Waals surface area contributed by atoms with Gasteiger partial charge in [-0.2, -0.15) is 0 Å². The van der Waals surface area contributed by atoms with E-state index in [0.29, 0.717) is 0 Å². The molecule has 0 aliphatic rings. The van der Waals surface area contributed by atoms with E-state index in [0.717, 1.165) is 28.8 Å². The van der Waals surface area contributed by atoms with E-state index in [-0.39, 0.29) is 11.9 Å². The van der Waals surface area contributed by atoms with Crippen LogP contribution in [-0.2, 0) is 13.5 Å². The first-order valence-corrected chi connectivity index (χ1v) is 8.44. The molecule has 0 aliphatic carbocycles. The van der Waals surface area contributed by atoms with Crippen molar-refractivity contribution < 1.29 is 4.79 Å². The molecule has 1 aromatic carbocycles. The number of fused-ring (bicyclic) bond motifs is 1. The maximum absolute atomic E-state index is 12.6. The van der Waals surface area contributed by atoms with E-state index in [2.05, 4.69) is 35.8 Å². The molecule has 114 valence electrons. The van der Waals surface area contributed by atoms with Crippen LogP contribution in [0.25, 0.3) is 10.2 Å². The minimum atomic E-state index is 0.00804. The number of rotatable bonds is 5. The van der Waals surface area contributed by atoms with Crippen molar-refractivity contribution in [1.29, 1.82) is 0 Å². The third-order valence-corrected chi connectivity index (χ3v) is 4.90. The van der Waals surface area contributed by atoms with Crippen molar-refractivity contribution >= 4 is 27.5 Å². The van der Waals surface area contributed by atoms with Crippen LogP contribution >= 0.6 is 11.3 Å². The van der Waals surface area contributed by atoms with Gasteiger partial charge in [-0.05, 0) is 35.9 Å². The predicted octanol–water partition coefficient (Wildman–Crippen LogP) is 3.99. The summed E-state index contributed by atoms with van der Waals surface area (Å²) in [4.78, 5) is 12.6. The van der Waals surface area contributed by atoms with E-state index < -0.39 is 0 Å². The predicted molar refractivity (Wildman–Crippen MR) is 92.5 cm³/mol. The van der Waals surface area contributed by atoms with Gasteiger partial charge in [-0.3, -0.25) is 4.79 Å². The summed E-state index contributed by atoms with van der Waals surface area (Å²) in [6.45, 7) is 2.11. The number of carbonyl (C=O) groups excluding carboxylic acids is 1. The quantitative estimate of drug-likeness (QED) is 0.759. The van der Waals surface area contributed by atoms with Crippen molar-refractivity contribution in [3.63, 3.8) is 0 Å². The number of amides is 1. The van der Waals surface area contributed by atoms with Gasteiger partial charge in [-0.25, -0.2) is 0 Å². The van der Waals surface area contributed by atoms with Gasteiger partial charge >= 0.3 is 0 Å². The lowest BCUT2D eigenvalue weighted by atomic mass is 10.0. The molecule has 1 amide bonds. The molecule has 22 heavy (non-hydrogen) atoms. The molecule has 0 saturated heterocycles. The van der Waals surface area contributed by atoms with Gasteiger partial charge in [-0.15, -0.1) is 11.3 Å². The highest BCUT2D eigenvalue weighted by molar-refractivity contribution is 7.17. The molecule has 0 saturated carbocycles. The summed E-state index contributed by atoms with van der Waals surface area (Å²) in [6.07, 6.45) is 1.78. The number of thiophene rings is 1. The van der Waals surface area contributed by atoms with Crippen LogP contribution < -0.4 is 5.32 Å². The Bertz CT molecular complexity index is 773. The van der Waals surface area contributed by atoms with Gasteiger partial charge in [0.15, 0.2) is 0 Å². The van der Waals surface area contributed by atoms with Crippen LogP contribution in [0.3, 0.4) is 0 Å². The van der Waals surface area contributed by atoms with Crippen LogP contribution in [-0.4, -0.2) is 16.5 Å². The number of carbonyl (C=O) groups is 1. The fourth-order valence-corrected chi connectivity index (χ4v) is 3.57. The molecule has 2 aromatic heterocycles. The van der Waals surface area contributed by atoms with Crippen molar-refractivity contribution in [1.82, 2.24) is 9.88 Å². The van der Waals surface area contributed by atoms with E-state index in [4.69, 9.17) is 0 Å². The molecule has 0 fully saturated rings. The minimum absolute atomic E-state index is 0.00804. The lowest BCUT2D eigenvalue weighted by molar-refractivity contribution is 0.0928. The summed E-state index contributed by atoms with van der Waals surface area (Å²) >= 11 is 1.67. The van der Waals surface area contributed by atoms with Crippen LogP contribution in [0.4, 0.5) is 0 Å². The standard InChI is InChI=1S/C18H20N2OS/c1-3-14(11-13-7-5-4-6-8-13)19-18(21)16-12-17-15(20(16)2)9-10-22-17/h4-10,12,14H,3,11H2,1-2H3,(H,19,21). The Morgan fingerprint density at radius 2 is 2.05 bits per heavy atom. The Balaban J connectivity index is 1.74. The maximum atomic E-state index is 12.6. The van der Waals surface area contributed by atoms with Gasteiger partial charge in [0.25, 0.3) is 5.91 Å². The fourth-order valence-electron chi connectivity index (χ4n) is 2.72. The summed E-state index contributed by atoms with van der Waals surface area (Å²) in [7, 11) is 1.95. The normalized spacial score (nSPS) is 12.5. The Morgan fingerprint density at radius 3 is 2.73 bits per heavy atom. The summed E-state index contributed by atoms with van der Waals surface area (Å²) in [6, 6.07) is 14.5. The molecule has 3 rings (SSSR count). The van der Waals surface area contributed by atoms with E-state index in [1.165, 1.54) is 5.56 Å². The van der Waals surface area contributed by atoms with Crippen LogP contribution in [0.1, 0.15) is 29.4 Å². The van der Waals surface area contributed by atoms with Gasteiger partial charge in [0, 0.05) is 13.1 Å². The summed E-state index contributed by atoms with van der Waals surface area (Å²) in [5.74, 6) is 0.00804. The molecular weight excluding hydrogens is 292 g/mol. The first kappa shape index (κ1) is 14.9. The monoisotopic (exact) mass is 312 g/mol. The van der Waals surface area contributed by atoms with E-state index in [9.17, 15) is 4.79 Å². The van der Waals surface area contributed by atoms with Crippen molar-refractivity contribution in [2.24, 2.45) is 7.05 Å². The highest BCUT2D eigenvalue weighted by Gasteiger charge is 2.17. The number of nitrogens with one attached hydrogen (secondary N) is 1. The lowest BCUT2D eigenvalue weighted by Gasteiger charge is -2.17. The molecule has 0 spiro atoms. The molecule has 1 N–H and O–H groups in total. The molecule has 0 aliphatic heterocycles. The zero-order chi connectivity index (χ0) is 15.5. The fraction of sp³-hybridized carbons (Fsp3) is 0.278. The number of hydrogen-bond acceptors (Lipinski definition) is 2. The van der Waals surface area contributed by atoms with Gasteiger partial charge in [0.1, 0.15) is 5.69 Å². The molecule has 0 bridgehead atoms. The topological polar surface area (TPSA) is 34.0 Å². The molecule has 0 radical (unpaired) electrons. The van der Waals surface area contributed by atoms with Crippen LogP contribution in [0, 0.1) is 0 Å². The maximum Gasteiger partial charge on any atom is 0.268 e. The first-order chi connectivity index (χ1) is 10.7. The molecule has 4 heteroatoms. The third-order valence-electron chi connectivity index (χ3n) is 4.05. The molecule has 1 atom stereocenters. The van der Waals surface area contributed by atoms with Gasteiger partial charge in [-0.1, -0.05) is 37.3 Å². The summed E-state index contributed by atoms with van der Waals surface area (Å²) in [5.41, 5.74) is 3.10. The lowest BCUT2D eigenvalue weighted by Crippen LogP contribution is -2.36. The molecule has 3 aromatic rings. The number of hydrogen-bond donors (Lipinski definition) is 1. The average molecular weight is 312 g/mol.